The summed E-state index contributed by atoms with van der Waals surface area (Å²) in [5.74, 6) is -1.05. The molecule has 0 aliphatic heterocycles. The smallest absolute Gasteiger partial charge is 0.343 e. The molecule has 45 heavy (non-hydrogen) atoms. The van der Waals surface area contributed by atoms with Gasteiger partial charge in [-0.2, -0.15) is 0 Å². The van der Waals surface area contributed by atoms with E-state index in [0.29, 0.717) is 36.3 Å². The van der Waals surface area contributed by atoms with Crippen molar-refractivity contribution in [2.75, 3.05) is 6.54 Å². The number of halogens is 1. The lowest BCUT2D eigenvalue weighted by atomic mass is 10.1. The summed E-state index contributed by atoms with van der Waals surface area (Å²) in [6.07, 6.45) is -0.916. The molecule has 1 N–H and O–H groups in total. The van der Waals surface area contributed by atoms with E-state index in [1.54, 1.807) is 42.5 Å². The van der Waals surface area contributed by atoms with Crippen LogP contribution in [0.4, 0.5) is 0 Å². The predicted octanol–water partition coefficient (Wildman–Crippen LogP) is 7.90. The Morgan fingerprint density at radius 3 is 1.53 bits per heavy atom. The number of aryl methyl sites for hydroxylation is 2. The van der Waals surface area contributed by atoms with Crippen LogP contribution in [0, 0.1) is 13.8 Å². The molecule has 0 bridgehead atoms. The molecule has 0 radical (unpaired) electrons. The summed E-state index contributed by atoms with van der Waals surface area (Å²) in [5.41, 5.74) is 5.53. The van der Waals surface area contributed by atoms with Crippen molar-refractivity contribution in [2.24, 2.45) is 0 Å². The number of nitrogens with zero attached hydrogens (tertiary/aromatic N) is 1. The number of esters is 2. The molecule has 0 saturated carbocycles. The lowest BCUT2D eigenvalue weighted by Gasteiger charge is -2.26. The first kappa shape index (κ1) is 33.1. The Balaban J connectivity index is 0.00000461. The number of aliphatic hydroxyl groups excluding tert-OH is 1. The highest BCUT2D eigenvalue weighted by Gasteiger charge is 2.21. The van der Waals surface area contributed by atoms with Gasteiger partial charge in [-0.05, 0) is 66.9 Å². The molecule has 0 spiro atoms. The van der Waals surface area contributed by atoms with Crippen molar-refractivity contribution < 1.29 is 24.2 Å². The van der Waals surface area contributed by atoms with Crippen LogP contribution in [0.25, 0.3) is 0 Å². The summed E-state index contributed by atoms with van der Waals surface area (Å²) in [5, 5.41) is 11.4. The number of carbonyl (C=O) groups excluding carboxylic acids is 2. The van der Waals surface area contributed by atoms with Crippen LogP contribution in [-0.2, 0) is 13.1 Å². The van der Waals surface area contributed by atoms with Gasteiger partial charge >= 0.3 is 11.9 Å². The maximum atomic E-state index is 13.1. The Morgan fingerprint density at radius 2 is 1.07 bits per heavy atom. The van der Waals surface area contributed by atoms with E-state index in [4.69, 9.17) is 9.47 Å². The standard InChI is InChI=1S/C38H35NO5.ClH/c1-27-13-17-31(18-14-27)37(41)43-35-22-21-33(23-36(35)44-38(42)32-19-15-28(2)16-20-32)34(40)26-39(24-29-9-5-3-6-10-29)25-30-11-7-4-8-12-30;/h3-23,34,40H,24-26H2,1-2H3;1H. The van der Waals surface area contributed by atoms with E-state index in [1.807, 2.05) is 74.5 Å². The van der Waals surface area contributed by atoms with Gasteiger partial charge in [0.05, 0.1) is 17.2 Å². The van der Waals surface area contributed by atoms with Crippen molar-refractivity contribution in [2.45, 2.75) is 33.0 Å². The van der Waals surface area contributed by atoms with E-state index < -0.39 is 18.0 Å². The molecule has 230 valence electrons. The first-order chi connectivity index (χ1) is 21.3. The van der Waals surface area contributed by atoms with E-state index in [-0.39, 0.29) is 23.9 Å². The zero-order valence-electron chi connectivity index (χ0n) is 25.3. The molecule has 0 aliphatic rings. The van der Waals surface area contributed by atoms with Crippen molar-refractivity contribution in [3.05, 3.63) is 166 Å². The number of hydrogen-bond acceptors (Lipinski definition) is 6. The Bertz CT molecular complexity index is 1650. The molecule has 0 saturated heterocycles. The molecule has 5 aromatic rings. The van der Waals surface area contributed by atoms with E-state index >= 15 is 0 Å². The number of ether oxygens (including phenoxy) is 2. The van der Waals surface area contributed by atoms with Gasteiger partial charge in [-0.15, -0.1) is 12.4 Å². The first-order valence-corrected chi connectivity index (χ1v) is 14.5. The van der Waals surface area contributed by atoms with Gasteiger partial charge in [0, 0.05) is 19.6 Å². The largest absolute Gasteiger partial charge is 0.419 e. The van der Waals surface area contributed by atoms with Crippen LogP contribution in [0.2, 0.25) is 0 Å². The summed E-state index contributed by atoms with van der Waals surface area (Å²) in [6.45, 7) is 5.45. The second-order valence-electron chi connectivity index (χ2n) is 10.9. The van der Waals surface area contributed by atoms with Crippen LogP contribution in [-0.4, -0.2) is 28.5 Å². The highest BCUT2D eigenvalue weighted by atomic mass is 35.5. The fourth-order valence-corrected chi connectivity index (χ4v) is 4.81. The van der Waals surface area contributed by atoms with Crippen molar-refractivity contribution in [3.63, 3.8) is 0 Å². The molecule has 0 aromatic heterocycles. The molecular weight excluding hydrogens is 586 g/mol. The molecule has 1 atom stereocenters. The van der Waals surface area contributed by atoms with Crippen LogP contribution < -0.4 is 9.47 Å². The van der Waals surface area contributed by atoms with Gasteiger partial charge < -0.3 is 14.6 Å². The van der Waals surface area contributed by atoms with Gasteiger partial charge in [-0.25, -0.2) is 9.59 Å². The third-order valence-corrected chi connectivity index (χ3v) is 7.26. The average molecular weight is 622 g/mol. The molecule has 6 nitrogen and oxygen atoms in total. The third kappa shape index (κ3) is 9.37. The summed E-state index contributed by atoms with van der Waals surface area (Å²) in [7, 11) is 0. The maximum absolute atomic E-state index is 13.1. The maximum Gasteiger partial charge on any atom is 0.343 e. The zero-order chi connectivity index (χ0) is 30.9. The number of hydrogen-bond donors (Lipinski definition) is 1. The van der Waals surface area contributed by atoms with Crippen LogP contribution in [0.3, 0.4) is 0 Å². The second kappa shape index (κ2) is 15.8. The minimum atomic E-state index is -0.916. The summed E-state index contributed by atoms with van der Waals surface area (Å²) in [4.78, 5) is 28.2. The molecule has 1 unspecified atom stereocenters. The Kier molecular flexibility index (Phi) is 11.7. The van der Waals surface area contributed by atoms with Crippen LogP contribution >= 0.6 is 12.4 Å². The second-order valence-corrected chi connectivity index (χ2v) is 10.9. The topological polar surface area (TPSA) is 76.1 Å². The highest BCUT2D eigenvalue weighted by molar-refractivity contribution is 5.93. The van der Waals surface area contributed by atoms with E-state index in [2.05, 4.69) is 29.2 Å². The van der Waals surface area contributed by atoms with E-state index in [9.17, 15) is 14.7 Å². The normalized spacial score (nSPS) is 11.4. The SMILES string of the molecule is Cc1ccc(C(=O)Oc2ccc(C(O)CN(Cc3ccccc3)Cc3ccccc3)cc2OC(=O)c2ccc(C)cc2)cc1.Cl. The van der Waals surface area contributed by atoms with Gasteiger partial charge in [0.1, 0.15) is 0 Å². The van der Waals surface area contributed by atoms with Gasteiger partial charge in [0.2, 0.25) is 0 Å². The van der Waals surface area contributed by atoms with Crippen LogP contribution in [0.1, 0.15) is 54.6 Å². The molecule has 0 fully saturated rings. The minimum Gasteiger partial charge on any atom is -0.419 e. The molecule has 0 heterocycles. The highest BCUT2D eigenvalue weighted by Crippen LogP contribution is 2.33. The zero-order valence-corrected chi connectivity index (χ0v) is 26.1. The summed E-state index contributed by atoms with van der Waals surface area (Å²) < 4.78 is 11.5. The number of carbonyl (C=O) groups is 2. The lowest BCUT2D eigenvalue weighted by Crippen LogP contribution is -2.28. The molecule has 0 aliphatic carbocycles. The van der Waals surface area contributed by atoms with Crippen molar-refractivity contribution >= 4 is 24.3 Å². The van der Waals surface area contributed by atoms with Gasteiger partial charge in [0.15, 0.2) is 11.5 Å². The minimum absolute atomic E-state index is 0. The van der Waals surface area contributed by atoms with Gasteiger partial charge in [0.25, 0.3) is 0 Å². The van der Waals surface area contributed by atoms with Crippen LogP contribution in [0.15, 0.2) is 127 Å². The quantitative estimate of drug-likeness (QED) is 0.119. The number of aliphatic hydroxyl groups is 1. The average Bonchev–Trinajstić information content (AvgIpc) is 3.03. The fraction of sp³-hybridized carbons (Fsp3) is 0.158. The van der Waals surface area contributed by atoms with Gasteiger partial charge in [-0.3, -0.25) is 4.90 Å². The molecule has 0 amide bonds. The van der Waals surface area contributed by atoms with Crippen LogP contribution in [0.5, 0.6) is 11.5 Å². The van der Waals surface area contributed by atoms with Crippen molar-refractivity contribution in [1.82, 2.24) is 4.90 Å². The molecule has 5 aromatic carbocycles. The van der Waals surface area contributed by atoms with E-state index in [0.717, 1.165) is 22.3 Å². The van der Waals surface area contributed by atoms with Crippen molar-refractivity contribution in [1.29, 1.82) is 0 Å². The van der Waals surface area contributed by atoms with Crippen molar-refractivity contribution in [3.8, 4) is 11.5 Å². The predicted molar refractivity (Wildman–Crippen MR) is 178 cm³/mol. The third-order valence-electron chi connectivity index (χ3n) is 7.26. The van der Waals surface area contributed by atoms with E-state index in [1.165, 1.54) is 0 Å². The number of benzene rings is 5. The van der Waals surface area contributed by atoms with Gasteiger partial charge in [-0.1, -0.05) is 102 Å². The fourth-order valence-electron chi connectivity index (χ4n) is 4.81. The number of rotatable bonds is 11. The molecule has 5 rings (SSSR count). The summed E-state index contributed by atoms with van der Waals surface area (Å²) >= 11 is 0. The Hall–Kier alpha value is -4.75. The molecular formula is C38H36ClNO5. The Labute approximate surface area is 270 Å². The Morgan fingerprint density at radius 1 is 0.622 bits per heavy atom. The monoisotopic (exact) mass is 621 g/mol. The summed E-state index contributed by atoms with van der Waals surface area (Å²) in [6, 6.07) is 39.0. The lowest BCUT2D eigenvalue weighted by molar-refractivity contribution is 0.0680. The first-order valence-electron chi connectivity index (χ1n) is 14.5. The molecule has 7 heteroatoms.